The fraction of sp³-hybridized carbons (Fsp3) is 0.0714. The van der Waals surface area contributed by atoms with Gasteiger partial charge in [0.25, 0.3) is 5.56 Å². The van der Waals surface area contributed by atoms with E-state index in [9.17, 15) is 19.7 Å². The van der Waals surface area contributed by atoms with Gasteiger partial charge < -0.3 is 9.15 Å². The first-order valence-corrected chi connectivity index (χ1v) is 6.91. The van der Waals surface area contributed by atoms with Crippen molar-refractivity contribution in [3.63, 3.8) is 0 Å². The van der Waals surface area contributed by atoms with E-state index in [0.29, 0.717) is 10.7 Å². The first-order valence-electron chi connectivity index (χ1n) is 6.53. The summed E-state index contributed by atoms with van der Waals surface area (Å²) in [5.41, 5.74) is 0.172. The largest absolute Gasteiger partial charge is 0.453 e. The zero-order chi connectivity index (χ0) is 17.3. The maximum absolute atomic E-state index is 12.0. The average Bonchev–Trinajstić information content (AvgIpc) is 3.04. The van der Waals surface area contributed by atoms with Crippen LogP contribution in [0, 0.1) is 10.1 Å². The Labute approximate surface area is 138 Å². The molecule has 9 nitrogen and oxygen atoms in total. The third kappa shape index (κ3) is 3.10. The highest BCUT2D eigenvalue weighted by molar-refractivity contribution is 6.30. The van der Waals surface area contributed by atoms with E-state index in [-0.39, 0.29) is 23.6 Å². The number of nitro groups is 1. The first-order chi connectivity index (χ1) is 11.4. The molecule has 122 valence electrons. The van der Waals surface area contributed by atoms with Gasteiger partial charge in [-0.15, -0.1) is 0 Å². The summed E-state index contributed by atoms with van der Waals surface area (Å²) in [4.78, 5) is 37.7. The quantitative estimate of drug-likeness (QED) is 0.402. The number of pyridine rings is 1. The Balaban J connectivity index is 1.77. The van der Waals surface area contributed by atoms with Crippen molar-refractivity contribution in [3.05, 3.63) is 73.5 Å². The summed E-state index contributed by atoms with van der Waals surface area (Å²) in [6.07, 6.45) is 1.42. The van der Waals surface area contributed by atoms with E-state index in [1.54, 1.807) is 12.1 Å². The zero-order valence-corrected chi connectivity index (χ0v) is 12.6. The number of halogens is 1. The van der Waals surface area contributed by atoms with Crippen molar-refractivity contribution in [1.82, 2.24) is 9.38 Å². The SMILES string of the molecule is O=C(OCc1cc(=O)n2cc(Cl)ccc2n1)c1ccc([N+](=O)[O-])o1. The molecule has 24 heavy (non-hydrogen) atoms. The number of nitrogens with zero attached hydrogens (tertiary/aromatic N) is 3. The second-order valence-electron chi connectivity index (χ2n) is 4.63. The van der Waals surface area contributed by atoms with Crippen LogP contribution in [0.1, 0.15) is 16.2 Å². The lowest BCUT2D eigenvalue weighted by Gasteiger charge is -2.05. The summed E-state index contributed by atoms with van der Waals surface area (Å²) in [7, 11) is 0. The van der Waals surface area contributed by atoms with Crippen molar-refractivity contribution >= 4 is 29.1 Å². The van der Waals surface area contributed by atoms with Gasteiger partial charge in [0.2, 0.25) is 5.76 Å². The molecule has 0 N–H and O–H groups in total. The van der Waals surface area contributed by atoms with Crippen LogP contribution in [0.4, 0.5) is 5.88 Å². The molecule has 0 fully saturated rings. The van der Waals surface area contributed by atoms with Crippen LogP contribution in [0.15, 0.2) is 45.7 Å². The van der Waals surface area contributed by atoms with E-state index in [1.165, 1.54) is 16.7 Å². The summed E-state index contributed by atoms with van der Waals surface area (Å²) in [5.74, 6) is -1.78. The molecule has 0 radical (unpaired) electrons. The normalized spacial score (nSPS) is 10.7. The predicted molar refractivity (Wildman–Crippen MR) is 81.0 cm³/mol. The number of rotatable bonds is 4. The van der Waals surface area contributed by atoms with Crippen LogP contribution in [0.2, 0.25) is 5.02 Å². The molecule has 3 heterocycles. The van der Waals surface area contributed by atoms with Gasteiger partial charge in [0.1, 0.15) is 17.2 Å². The number of esters is 1. The molecule has 0 aromatic carbocycles. The van der Waals surface area contributed by atoms with Gasteiger partial charge in [0.05, 0.1) is 16.8 Å². The van der Waals surface area contributed by atoms with Crippen molar-refractivity contribution in [2.45, 2.75) is 6.61 Å². The molecule has 0 aliphatic carbocycles. The van der Waals surface area contributed by atoms with Crippen LogP contribution in [0.25, 0.3) is 5.65 Å². The van der Waals surface area contributed by atoms with Gasteiger partial charge in [0, 0.05) is 12.3 Å². The Hall–Kier alpha value is -3.20. The van der Waals surface area contributed by atoms with Gasteiger partial charge in [-0.2, -0.15) is 0 Å². The second-order valence-corrected chi connectivity index (χ2v) is 5.07. The highest BCUT2D eigenvalue weighted by Gasteiger charge is 2.18. The molecule has 0 saturated heterocycles. The van der Waals surface area contributed by atoms with Gasteiger partial charge >= 0.3 is 11.9 Å². The average molecular weight is 350 g/mol. The lowest BCUT2D eigenvalue weighted by molar-refractivity contribution is -0.402. The maximum Gasteiger partial charge on any atom is 0.433 e. The molecule has 0 amide bonds. The van der Waals surface area contributed by atoms with Gasteiger partial charge in [-0.1, -0.05) is 11.6 Å². The van der Waals surface area contributed by atoms with E-state index in [0.717, 1.165) is 12.1 Å². The minimum absolute atomic E-state index is 0.219. The molecular weight excluding hydrogens is 342 g/mol. The molecule has 3 aromatic rings. The lowest BCUT2D eigenvalue weighted by atomic mass is 10.4. The van der Waals surface area contributed by atoms with E-state index in [4.69, 9.17) is 20.8 Å². The fourth-order valence-electron chi connectivity index (χ4n) is 1.95. The Morgan fingerprint density at radius 3 is 2.88 bits per heavy atom. The fourth-order valence-corrected chi connectivity index (χ4v) is 2.11. The van der Waals surface area contributed by atoms with Crippen molar-refractivity contribution in [2.24, 2.45) is 0 Å². The Bertz CT molecular complexity index is 1010. The first kappa shape index (κ1) is 15.7. The van der Waals surface area contributed by atoms with Gasteiger partial charge in [-0.3, -0.25) is 19.3 Å². The summed E-state index contributed by atoms with van der Waals surface area (Å²) >= 11 is 5.81. The molecule has 0 unspecified atom stereocenters. The molecule has 0 aliphatic heterocycles. The minimum Gasteiger partial charge on any atom is -0.453 e. The number of carbonyl (C=O) groups excluding carboxylic acids is 1. The molecule has 10 heteroatoms. The molecule has 3 rings (SSSR count). The smallest absolute Gasteiger partial charge is 0.433 e. The summed E-state index contributed by atoms with van der Waals surface area (Å²) in [5, 5.41) is 10.9. The second kappa shape index (κ2) is 6.13. The van der Waals surface area contributed by atoms with Gasteiger partial charge in [-0.25, -0.2) is 9.78 Å². The topological polar surface area (TPSA) is 117 Å². The monoisotopic (exact) mass is 349 g/mol. The van der Waals surface area contributed by atoms with Crippen LogP contribution >= 0.6 is 11.6 Å². The molecule has 0 saturated carbocycles. The van der Waals surface area contributed by atoms with Crippen LogP contribution in [-0.4, -0.2) is 20.3 Å². The summed E-state index contributed by atoms with van der Waals surface area (Å²) in [6, 6.07) is 6.49. The van der Waals surface area contributed by atoms with E-state index in [1.807, 2.05) is 0 Å². The number of furan rings is 1. The van der Waals surface area contributed by atoms with Crippen molar-refractivity contribution in [1.29, 1.82) is 0 Å². The Morgan fingerprint density at radius 1 is 1.38 bits per heavy atom. The highest BCUT2D eigenvalue weighted by Crippen LogP contribution is 2.16. The lowest BCUT2D eigenvalue weighted by Crippen LogP contribution is -2.16. The van der Waals surface area contributed by atoms with Crippen molar-refractivity contribution in [2.75, 3.05) is 0 Å². The summed E-state index contributed by atoms with van der Waals surface area (Å²) < 4.78 is 10.9. The minimum atomic E-state index is -0.902. The van der Waals surface area contributed by atoms with E-state index < -0.39 is 16.8 Å². The third-order valence-electron chi connectivity index (χ3n) is 3.00. The summed E-state index contributed by atoms with van der Waals surface area (Å²) in [6.45, 7) is -0.290. The maximum atomic E-state index is 12.0. The molecular formula is C14H8ClN3O6. The van der Waals surface area contributed by atoms with Crippen molar-refractivity contribution in [3.8, 4) is 0 Å². The van der Waals surface area contributed by atoms with Crippen LogP contribution < -0.4 is 5.56 Å². The molecule has 0 bridgehead atoms. The van der Waals surface area contributed by atoms with Crippen molar-refractivity contribution < 1.29 is 18.9 Å². The molecule has 3 aromatic heterocycles. The number of fused-ring (bicyclic) bond motifs is 1. The van der Waals surface area contributed by atoms with Gasteiger partial charge in [-0.05, 0) is 18.2 Å². The molecule has 0 atom stereocenters. The molecule has 0 spiro atoms. The zero-order valence-electron chi connectivity index (χ0n) is 11.8. The molecule has 0 aliphatic rings. The number of ether oxygens (including phenoxy) is 1. The van der Waals surface area contributed by atoms with E-state index in [2.05, 4.69) is 4.98 Å². The number of aromatic nitrogens is 2. The number of carbonyl (C=O) groups is 1. The number of hydrogen-bond donors (Lipinski definition) is 0. The predicted octanol–water partition coefficient (Wildman–Crippen LogP) is 2.21. The third-order valence-corrected chi connectivity index (χ3v) is 3.22. The Morgan fingerprint density at radius 2 is 2.17 bits per heavy atom. The van der Waals surface area contributed by atoms with Crippen LogP contribution in [0.5, 0.6) is 0 Å². The van der Waals surface area contributed by atoms with Gasteiger partial charge in [0.15, 0.2) is 0 Å². The van der Waals surface area contributed by atoms with E-state index >= 15 is 0 Å². The van der Waals surface area contributed by atoms with Crippen LogP contribution in [0.3, 0.4) is 0 Å². The Kier molecular flexibility index (Phi) is 4.00. The standard InChI is InChI=1S/C14H8ClN3O6/c15-8-1-3-11-16-9(5-12(19)17(11)6-8)7-23-14(20)10-2-4-13(24-10)18(21)22/h1-6H,7H2. The highest BCUT2D eigenvalue weighted by atomic mass is 35.5. The number of hydrogen-bond acceptors (Lipinski definition) is 7. The van der Waals surface area contributed by atoms with Crippen LogP contribution in [-0.2, 0) is 11.3 Å².